The number of halogens is 1. The smallest absolute Gasteiger partial charge is 0.0411 e. The van der Waals surface area contributed by atoms with Crippen molar-refractivity contribution in [2.24, 2.45) is 0 Å². The van der Waals surface area contributed by atoms with Gasteiger partial charge in [-0.1, -0.05) is 23.7 Å². The van der Waals surface area contributed by atoms with E-state index >= 15 is 0 Å². The van der Waals surface area contributed by atoms with Crippen molar-refractivity contribution in [2.45, 2.75) is 20.0 Å². The number of aryl methyl sites for hydroxylation is 1. The zero-order valence-electron chi connectivity index (χ0n) is 9.16. The summed E-state index contributed by atoms with van der Waals surface area (Å²) in [4.78, 5) is 1.36. The van der Waals surface area contributed by atoms with Crippen LogP contribution in [0.3, 0.4) is 0 Å². The molecule has 0 saturated heterocycles. The molecule has 0 aliphatic heterocycles. The van der Waals surface area contributed by atoms with Crippen molar-refractivity contribution in [1.29, 1.82) is 0 Å². The van der Waals surface area contributed by atoms with Gasteiger partial charge in [0.25, 0.3) is 0 Å². The molecule has 2 rings (SSSR count). The molecule has 1 aromatic carbocycles. The van der Waals surface area contributed by atoms with Crippen LogP contribution in [0.2, 0.25) is 5.02 Å². The molecule has 1 aromatic heterocycles. The molecular weight excluding hydrogens is 238 g/mol. The first-order valence-corrected chi connectivity index (χ1v) is 6.49. The Morgan fingerprint density at radius 1 is 1.25 bits per heavy atom. The Balaban J connectivity index is 1.89. The minimum atomic E-state index is 0.813. The lowest BCUT2D eigenvalue weighted by atomic mass is 10.1. The number of hydrogen-bond donors (Lipinski definition) is 1. The maximum absolute atomic E-state index is 6.00. The highest BCUT2D eigenvalue weighted by atomic mass is 35.5. The second kappa shape index (κ2) is 5.48. The Bertz CT molecular complexity index is 431. The summed E-state index contributed by atoms with van der Waals surface area (Å²) in [6, 6.07) is 10.4. The monoisotopic (exact) mass is 251 g/mol. The lowest BCUT2D eigenvalue weighted by molar-refractivity contribution is 0.700. The van der Waals surface area contributed by atoms with Crippen molar-refractivity contribution >= 4 is 22.9 Å². The maximum atomic E-state index is 6.00. The van der Waals surface area contributed by atoms with Crippen molar-refractivity contribution in [3.63, 3.8) is 0 Å². The number of nitrogens with one attached hydrogen (secondary N) is 1. The molecule has 84 valence electrons. The predicted octanol–water partition coefficient (Wildman–Crippen LogP) is 4.00. The molecule has 0 spiro atoms. The van der Waals surface area contributed by atoms with Crippen LogP contribution in [-0.4, -0.2) is 0 Å². The summed E-state index contributed by atoms with van der Waals surface area (Å²) in [5.41, 5.74) is 2.45. The van der Waals surface area contributed by atoms with Gasteiger partial charge in [-0.2, -0.15) is 0 Å². The van der Waals surface area contributed by atoms with E-state index in [-0.39, 0.29) is 0 Å². The summed E-state index contributed by atoms with van der Waals surface area (Å²) < 4.78 is 0. The molecule has 0 unspecified atom stereocenters. The standard InChI is InChI=1S/C13H14ClNS/c1-10-5-11(7-12(14)6-10)8-15-9-13-3-2-4-16-13/h2-7,15H,8-9H2,1H3. The van der Waals surface area contributed by atoms with Gasteiger partial charge >= 0.3 is 0 Å². The Morgan fingerprint density at radius 3 is 2.81 bits per heavy atom. The molecule has 16 heavy (non-hydrogen) atoms. The van der Waals surface area contributed by atoms with Crippen molar-refractivity contribution in [2.75, 3.05) is 0 Å². The fraction of sp³-hybridized carbons (Fsp3) is 0.231. The molecular formula is C13H14ClNS. The van der Waals surface area contributed by atoms with Gasteiger partial charge in [-0.25, -0.2) is 0 Å². The lowest BCUT2D eigenvalue weighted by Gasteiger charge is -2.05. The van der Waals surface area contributed by atoms with Crippen LogP contribution >= 0.6 is 22.9 Å². The third-order valence-electron chi connectivity index (χ3n) is 2.31. The summed E-state index contributed by atoms with van der Waals surface area (Å²) in [5, 5.41) is 6.32. The summed E-state index contributed by atoms with van der Waals surface area (Å²) in [6.45, 7) is 3.84. The van der Waals surface area contributed by atoms with Crippen LogP contribution in [-0.2, 0) is 13.1 Å². The molecule has 0 fully saturated rings. The van der Waals surface area contributed by atoms with Crippen LogP contribution in [0.25, 0.3) is 0 Å². The Morgan fingerprint density at radius 2 is 2.12 bits per heavy atom. The van der Waals surface area contributed by atoms with Gasteiger partial charge in [0.1, 0.15) is 0 Å². The van der Waals surface area contributed by atoms with Gasteiger partial charge in [-0.15, -0.1) is 11.3 Å². The van der Waals surface area contributed by atoms with Gasteiger partial charge in [-0.3, -0.25) is 0 Å². The normalized spacial score (nSPS) is 10.6. The van der Waals surface area contributed by atoms with Crippen molar-refractivity contribution in [3.8, 4) is 0 Å². The van der Waals surface area contributed by atoms with E-state index in [1.807, 2.05) is 12.1 Å². The molecule has 0 amide bonds. The third-order valence-corrected chi connectivity index (χ3v) is 3.40. The molecule has 0 bridgehead atoms. The second-order valence-electron chi connectivity index (χ2n) is 3.82. The Kier molecular flexibility index (Phi) is 3.99. The molecule has 0 radical (unpaired) electrons. The van der Waals surface area contributed by atoms with Crippen LogP contribution in [0.1, 0.15) is 16.0 Å². The van der Waals surface area contributed by atoms with Gasteiger partial charge in [-0.05, 0) is 41.6 Å². The average molecular weight is 252 g/mol. The number of rotatable bonds is 4. The molecule has 0 saturated carbocycles. The first kappa shape index (κ1) is 11.6. The average Bonchev–Trinajstić information content (AvgIpc) is 2.69. The zero-order valence-corrected chi connectivity index (χ0v) is 10.7. The van der Waals surface area contributed by atoms with E-state index in [0.717, 1.165) is 18.1 Å². The molecule has 0 aliphatic carbocycles. The van der Waals surface area contributed by atoms with Crippen molar-refractivity contribution in [3.05, 3.63) is 56.7 Å². The Hall–Kier alpha value is -0.830. The van der Waals surface area contributed by atoms with Crippen LogP contribution in [0.15, 0.2) is 35.7 Å². The molecule has 3 heteroatoms. The topological polar surface area (TPSA) is 12.0 Å². The predicted molar refractivity (Wildman–Crippen MR) is 71.1 cm³/mol. The van der Waals surface area contributed by atoms with E-state index in [1.165, 1.54) is 16.0 Å². The van der Waals surface area contributed by atoms with Gasteiger partial charge in [0.15, 0.2) is 0 Å². The first-order chi connectivity index (χ1) is 7.74. The molecule has 1 nitrogen and oxygen atoms in total. The summed E-state index contributed by atoms with van der Waals surface area (Å²) >= 11 is 7.78. The first-order valence-electron chi connectivity index (χ1n) is 5.23. The van der Waals surface area contributed by atoms with E-state index in [0.29, 0.717) is 0 Å². The molecule has 0 aliphatic rings. The number of benzene rings is 1. The van der Waals surface area contributed by atoms with E-state index < -0.39 is 0 Å². The number of thiophene rings is 1. The minimum Gasteiger partial charge on any atom is -0.308 e. The maximum Gasteiger partial charge on any atom is 0.0411 e. The summed E-state index contributed by atoms with van der Waals surface area (Å²) in [7, 11) is 0. The molecule has 1 N–H and O–H groups in total. The van der Waals surface area contributed by atoms with E-state index in [9.17, 15) is 0 Å². The van der Waals surface area contributed by atoms with Crippen molar-refractivity contribution < 1.29 is 0 Å². The fourth-order valence-electron chi connectivity index (χ4n) is 1.66. The van der Waals surface area contributed by atoms with Crippen LogP contribution in [0.5, 0.6) is 0 Å². The van der Waals surface area contributed by atoms with Gasteiger partial charge in [0.05, 0.1) is 0 Å². The highest BCUT2D eigenvalue weighted by Gasteiger charge is 1.97. The molecule has 1 heterocycles. The zero-order chi connectivity index (χ0) is 11.4. The van der Waals surface area contributed by atoms with Crippen LogP contribution in [0, 0.1) is 6.92 Å². The third kappa shape index (κ3) is 3.34. The van der Waals surface area contributed by atoms with Crippen LogP contribution in [0.4, 0.5) is 0 Å². The fourth-order valence-corrected chi connectivity index (χ4v) is 2.64. The number of hydrogen-bond acceptors (Lipinski definition) is 2. The van der Waals surface area contributed by atoms with Gasteiger partial charge in [0, 0.05) is 23.0 Å². The molecule has 2 aromatic rings. The molecule has 0 atom stereocenters. The SMILES string of the molecule is Cc1cc(Cl)cc(CNCc2cccs2)c1. The van der Waals surface area contributed by atoms with E-state index in [2.05, 4.69) is 35.8 Å². The van der Waals surface area contributed by atoms with Crippen molar-refractivity contribution in [1.82, 2.24) is 5.32 Å². The van der Waals surface area contributed by atoms with Crippen LogP contribution < -0.4 is 5.32 Å². The quantitative estimate of drug-likeness (QED) is 0.866. The lowest BCUT2D eigenvalue weighted by Crippen LogP contribution is -2.11. The van der Waals surface area contributed by atoms with Gasteiger partial charge in [0.2, 0.25) is 0 Å². The second-order valence-corrected chi connectivity index (χ2v) is 5.29. The highest BCUT2D eigenvalue weighted by Crippen LogP contribution is 2.14. The van der Waals surface area contributed by atoms with E-state index in [1.54, 1.807) is 11.3 Å². The largest absolute Gasteiger partial charge is 0.308 e. The summed E-state index contributed by atoms with van der Waals surface area (Å²) in [6.07, 6.45) is 0. The van der Waals surface area contributed by atoms with Gasteiger partial charge < -0.3 is 5.32 Å². The Labute approximate surface area is 105 Å². The van der Waals surface area contributed by atoms with E-state index in [4.69, 9.17) is 11.6 Å². The summed E-state index contributed by atoms with van der Waals surface area (Å²) in [5.74, 6) is 0. The minimum absolute atomic E-state index is 0.813. The highest BCUT2D eigenvalue weighted by molar-refractivity contribution is 7.09.